The predicted octanol–water partition coefficient (Wildman–Crippen LogP) is 2.81. The molecule has 0 radical (unpaired) electrons. The zero-order valence-corrected chi connectivity index (χ0v) is 17.9. The number of aromatic nitrogens is 2. The SMILES string of the molecule is CCCCCC(CNO)C(=O)NCNC(=O)c1ccc(-c2ccc3cnn(C)c3c2)o1. The van der Waals surface area contributed by atoms with E-state index in [1.54, 1.807) is 23.0 Å². The molecule has 0 saturated heterocycles. The molecule has 0 spiro atoms. The summed E-state index contributed by atoms with van der Waals surface area (Å²) in [5.41, 5.74) is 3.87. The predicted molar refractivity (Wildman–Crippen MR) is 116 cm³/mol. The number of furan rings is 1. The number of fused-ring (bicyclic) bond motifs is 1. The fourth-order valence-electron chi connectivity index (χ4n) is 3.43. The number of nitrogens with one attached hydrogen (secondary N) is 3. The summed E-state index contributed by atoms with van der Waals surface area (Å²) in [6.07, 6.45) is 5.45. The third-order valence-corrected chi connectivity index (χ3v) is 5.24. The molecule has 3 rings (SSSR count). The largest absolute Gasteiger partial charge is 0.451 e. The van der Waals surface area contributed by atoms with Crippen molar-refractivity contribution in [1.82, 2.24) is 25.9 Å². The van der Waals surface area contributed by atoms with Crippen molar-refractivity contribution in [3.05, 3.63) is 42.3 Å². The molecular formula is C22H29N5O4. The molecular weight excluding hydrogens is 398 g/mol. The minimum Gasteiger partial charge on any atom is -0.451 e. The maximum absolute atomic E-state index is 12.4. The number of amides is 2. The van der Waals surface area contributed by atoms with Crippen LogP contribution in [-0.2, 0) is 11.8 Å². The normalized spacial score (nSPS) is 12.1. The number of nitrogens with zero attached hydrogens (tertiary/aromatic N) is 2. The summed E-state index contributed by atoms with van der Waals surface area (Å²) in [5.74, 6) is -0.266. The smallest absolute Gasteiger partial charge is 0.288 e. The van der Waals surface area contributed by atoms with E-state index in [4.69, 9.17) is 9.62 Å². The summed E-state index contributed by atoms with van der Waals surface area (Å²) < 4.78 is 7.49. The van der Waals surface area contributed by atoms with Crippen LogP contribution in [0.4, 0.5) is 0 Å². The van der Waals surface area contributed by atoms with Gasteiger partial charge in [0.2, 0.25) is 5.91 Å². The summed E-state index contributed by atoms with van der Waals surface area (Å²) in [7, 11) is 1.87. The van der Waals surface area contributed by atoms with E-state index in [1.807, 2.05) is 25.2 Å². The van der Waals surface area contributed by atoms with E-state index >= 15 is 0 Å². The first-order valence-corrected chi connectivity index (χ1v) is 10.5. The molecule has 1 atom stereocenters. The summed E-state index contributed by atoms with van der Waals surface area (Å²) in [6.45, 7) is 2.24. The van der Waals surface area contributed by atoms with Gasteiger partial charge in [0.05, 0.1) is 24.3 Å². The molecule has 0 aliphatic heterocycles. The Morgan fingerprint density at radius 3 is 2.81 bits per heavy atom. The number of rotatable bonds is 11. The lowest BCUT2D eigenvalue weighted by Gasteiger charge is -2.16. The summed E-state index contributed by atoms with van der Waals surface area (Å²) >= 11 is 0. The number of hydrogen-bond donors (Lipinski definition) is 4. The van der Waals surface area contributed by atoms with E-state index in [0.717, 1.165) is 35.7 Å². The lowest BCUT2D eigenvalue weighted by atomic mass is 10.0. The Kier molecular flexibility index (Phi) is 7.80. The number of aryl methyl sites for hydroxylation is 1. The van der Waals surface area contributed by atoms with Crippen LogP contribution < -0.4 is 16.1 Å². The Morgan fingerprint density at radius 2 is 2.03 bits per heavy atom. The van der Waals surface area contributed by atoms with Crippen LogP contribution in [0.15, 0.2) is 40.9 Å². The van der Waals surface area contributed by atoms with Crippen molar-refractivity contribution in [3.8, 4) is 11.3 Å². The molecule has 0 fully saturated rings. The van der Waals surface area contributed by atoms with Crippen molar-refractivity contribution in [2.45, 2.75) is 32.6 Å². The second-order valence-corrected chi connectivity index (χ2v) is 7.48. The molecule has 2 heterocycles. The third-order valence-electron chi connectivity index (χ3n) is 5.24. The molecule has 1 unspecified atom stereocenters. The van der Waals surface area contributed by atoms with Crippen LogP contribution in [0.2, 0.25) is 0 Å². The van der Waals surface area contributed by atoms with E-state index in [9.17, 15) is 9.59 Å². The van der Waals surface area contributed by atoms with Crippen molar-refractivity contribution in [2.24, 2.45) is 13.0 Å². The summed E-state index contributed by atoms with van der Waals surface area (Å²) in [6, 6.07) is 9.16. The Bertz CT molecular complexity index is 1030. The number of carbonyl (C=O) groups excluding carboxylic acids is 2. The molecule has 0 saturated carbocycles. The van der Waals surface area contributed by atoms with E-state index in [-0.39, 0.29) is 30.8 Å². The minimum atomic E-state index is -0.420. The first-order chi connectivity index (χ1) is 15.0. The second kappa shape index (κ2) is 10.7. The Balaban J connectivity index is 1.54. The fourth-order valence-corrected chi connectivity index (χ4v) is 3.43. The Hall–Kier alpha value is -3.17. The quantitative estimate of drug-likeness (QED) is 0.212. The van der Waals surface area contributed by atoms with Gasteiger partial charge in [-0.15, -0.1) is 0 Å². The van der Waals surface area contributed by atoms with Crippen LogP contribution >= 0.6 is 0 Å². The van der Waals surface area contributed by atoms with Crippen molar-refractivity contribution in [2.75, 3.05) is 13.2 Å². The Morgan fingerprint density at radius 1 is 1.19 bits per heavy atom. The molecule has 9 nitrogen and oxygen atoms in total. The van der Waals surface area contributed by atoms with Crippen LogP contribution in [-0.4, -0.2) is 40.0 Å². The molecule has 2 aromatic heterocycles. The van der Waals surface area contributed by atoms with Crippen LogP contribution in [0.5, 0.6) is 0 Å². The average Bonchev–Trinajstić information content (AvgIpc) is 3.40. The summed E-state index contributed by atoms with van der Waals surface area (Å²) in [4.78, 5) is 24.7. The van der Waals surface area contributed by atoms with Crippen molar-refractivity contribution < 1.29 is 19.2 Å². The molecule has 3 aromatic rings. The monoisotopic (exact) mass is 427 g/mol. The van der Waals surface area contributed by atoms with Gasteiger partial charge in [0.15, 0.2) is 5.76 Å². The standard InChI is InChI=1S/C22H29N5O4/c1-3-4-5-6-17(13-26-30)21(28)23-14-24-22(29)20-10-9-19(31-20)15-7-8-16-12-25-27(2)18(16)11-15/h7-12,17,26,30H,3-6,13-14H2,1-2H3,(H,23,28)(H,24,29). The zero-order chi connectivity index (χ0) is 22.2. The molecule has 0 bridgehead atoms. The van der Waals surface area contributed by atoms with Crippen LogP contribution in [0.1, 0.15) is 43.2 Å². The number of unbranched alkanes of at least 4 members (excludes halogenated alkanes) is 2. The van der Waals surface area contributed by atoms with Crippen LogP contribution in [0.3, 0.4) is 0 Å². The average molecular weight is 428 g/mol. The van der Waals surface area contributed by atoms with Gasteiger partial charge in [-0.2, -0.15) is 5.10 Å². The molecule has 2 amide bonds. The molecule has 0 aliphatic carbocycles. The van der Waals surface area contributed by atoms with Gasteiger partial charge in [0.1, 0.15) is 5.76 Å². The van der Waals surface area contributed by atoms with Gasteiger partial charge >= 0.3 is 0 Å². The van der Waals surface area contributed by atoms with Crippen molar-refractivity contribution >= 4 is 22.7 Å². The van der Waals surface area contributed by atoms with Gasteiger partial charge in [-0.3, -0.25) is 14.3 Å². The molecule has 166 valence electrons. The Labute approximate surface area is 180 Å². The highest BCUT2D eigenvalue weighted by Crippen LogP contribution is 2.26. The van der Waals surface area contributed by atoms with Crippen LogP contribution in [0.25, 0.3) is 22.2 Å². The summed E-state index contributed by atoms with van der Waals surface area (Å²) in [5, 5.41) is 19.5. The molecule has 9 heteroatoms. The molecule has 31 heavy (non-hydrogen) atoms. The fraction of sp³-hybridized carbons (Fsp3) is 0.409. The minimum absolute atomic E-state index is 0.0234. The maximum atomic E-state index is 12.4. The highest BCUT2D eigenvalue weighted by molar-refractivity contribution is 5.92. The first kappa shape index (κ1) is 22.5. The van der Waals surface area contributed by atoms with Crippen molar-refractivity contribution in [1.29, 1.82) is 0 Å². The first-order valence-electron chi connectivity index (χ1n) is 10.5. The lowest BCUT2D eigenvalue weighted by Crippen LogP contribution is -2.42. The van der Waals surface area contributed by atoms with Gasteiger partial charge < -0.3 is 20.3 Å². The second-order valence-electron chi connectivity index (χ2n) is 7.48. The van der Waals surface area contributed by atoms with E-state index in [0.29, 0.717) is 12.2 Å². The highest BCUT2D eigenvalue weighted by Gasteiger charge is 2.18. The van der Waals surface area contributed by atoms with Gasteiger partial charge in [-0.1, -0.05) is 38.3 Å². The highest BCUT2D eigenvalue weighted by atomic mass is 16.5. The zero-order valence-electron chi connectivity index (χ0n) is 17.9. The van der Waals surface area contributed by atoms with Gasteiger partial charge in [0.25, 0.3) is 5.91 Å². The van der Waals surface area contributed by atoms with Gasteiger partial charge in [-0.05, 0) is 24.6 Å². The van der Waals surface area contributed by atoms with Gasteiger partial charge in [0, 0.05) is 24.5 Å². The lowest BCUT2D eigenvalue weighted by molar-refractivity contribution is -0.125. The maximum Gasteiger partial charge on any atom is 0.288 e. The van der Waals surface area contributed by atoms with Gasteiger partial charge in [-0.25, -0.2) is 5.48 Å². The molecule has 4 N–H and O–H groups in total. The number of benzene rings is 1. The molecule has 1 aromatic carbocycles. The van der Waals surface area contributed by atoms with E-state index in [1.165, 1.54) is 0 Å². The van der Waals surface area contributed by atoms with Crippen molar-refractivity contribution in [3.63, 3.8) is 0 Å². The number of carbonyl (C=O) groups is 2. The van der Waals surface area contributed by atoms with E-state index < -0.39 is 5.91 Å². The number of hydroxylamine groups is 1. The number of hydrogen-bond acceptors (Lipinski definition) is 6. The van der Waals surface area contributed by atoms with E-state index in [2.05, 4.69) is 28.1 Å². The topological polar surface area (TPSA) is 121 Å². The van der Waals surface area contributed by atoms with Crippen LogP contribution in [0, 0.1) is 5.92 Å². The third kappa shape index (κ3) is 5.71. The molecule has 0 aliphatic rings.